The lowest BCUT2D eigenvalue weighted by atomic mass is 10.2. The van der Waals surface area contributed by atoms with E-state index in [1.165, 1.54) is 6.42 Å². The van der Waals surface area contributed by atoms with Gasteiger partial charge in [0.05, 0.1) is 0 Å². The molecule has 1 unspecified atom stereocenters. The predicted molar refractivity (Wildman–Crippen MR) is 55.5 cm³/mol. The minimum absolute atomic E-state index is 0.656. The van der Waals surface area contributed by atoms with E-state index in [1.807, 2.05) is 0 Å². The molecule has 0 bridgehead atoms. The van der Waals surface area contributed by atoms with Gasteiger partial charge in [-0.15, -0.1) is 0 Å². The standard InChI is InChI=1S/C10H24N2/c1-6-10(4)11-7-8-12(5)9(2)3/h9-11H,6-8H2,1-5H3. The van der Waals surface area contributed by atoms with Crippen LogP contribution in [0.4, 0.5) is 0 Å². The van der Waals surface area contributed by atoms with Crippen LogP contribution in [0.5, 0.6) is 0 Å². The minimum atomic E-state index is 0.656. The van der Waals surface area contributed by atoms with Gasteiger partial charge in [0.15, 0.2) is 0 Å². The first-order valence-corrected chi connectivity index (χ1v) is 5.01. The Bertz CT molecular complexity index is 102. The van der Waals surface area contributed by atoms with Gasteiger partial charge in [0, 0.05) is 25.2 Å². The van der Waals surface area contributed by atoms with Crippen molar-refractivity contribution >= 4 is 0 Å². The highest BCUT2D eigenvalue weighted by Gasteiger charge is 2.02. The van der Waals surface area contributed by atoms with E-state index >= 15 is 0 Å². The van der Waals surface area contributed by atoms with Crippen LogP contribution in [0.2, 0.25) is 0 Å². The van der Waals surface area contributed by atoms with Crippen molar-refractivity contribution in [2.75, 3.05) is 20.1 Å². The third kappa shape index (κ3) is 5.56. The molecule has 0 radical (unpaired) electrons. The van der Waals surface area contributed by atoms with Crippen molar-refractivity contribution < 1.29 is 0 Å². The molecule has 0 aliphatic carbocycles. The van der Waals surface area contributed by atoms with Gasteiger partial charge >= 0.3 is 0 Å². The molecule has 0 amide bonds. The minimum Gasteiger partial charge on any atom is -0.313 e. The largest absolute Gasteiger partial charge is 0.313 e. The van der Waals surface area contributed by atoms with Crippen LogP contribution in [0.1, 0.15) is 34.1 Å². The summed E-state index contributed by atoms with van der Waals surface area (Å²) in [6, 6.07) is 1.31. The van der Waals surface area contributed by atoms with E-state index in [9.17, 15) is 0 Å². The van der Waals surface area contributed by atoms with Gasteiger partial charge in [-0.1, -0.05) is 6.92 Å². The second-order valence-electron chi connectivity index (χ2n) is 3.84. The summed E-state index contributed by atoms with van der Waals surface area (Å²) in [5, 5.41) is 3.48. The summed E-state index contributed by atoms with van der Waals surface area (Å²) in [7, 11) is 2.17. The molecule has 12 heavy (non-hydrogen) atoms. The Morgan fingerprint density at radius 1 is 1.25 bits per heavy atom. The summed E-state index contributed by atoms with van der Waals surface area (Å²) < 4.78 is 0. The highest BCUT2D eigenvalue weighted by atomic mass is 15.1. The number of hydrogen-bond acceptors (Lipinski definition) is 2. The van der Waals surface area contributed by atoms with Crippen LogP contribution in [0.25, 0.3) is 0 Å². The summed E-state index contributed by atoms with van der Waals surface area (Å²) >= 11 is 0. The van der Waals surface area contributed by atoms with Crippen LogP contribution in [-0.2, 0) is 0 Å². The molecule has 0 aliphatic heterocycles. The summed E-state index contributed by atoms with van der Waals surface area (Å²) in [5.74, 6) is 0. The molecule has 0 aromatic rings. The van der Waals surface area contributed by atoms with Crippen molar-refractivity contribution in [2.24, 2.45) is 0 Å². The molecule has 74 valence electrons. The number of rotatable bonds is 6. The number of nitrogens with zero attached hydrogens (tertiary/aromatic N) is 1. The Morgan fingerprint density at radius 3 is 2.25 bits per heavy atom. The van der Waals surface area contributed by atoms with Crippen LogP contribution in [0.3, 0.4) is 0 Å². The van der Waals surface area contributed by atoms with Gasteiger partial charge in [-0.2, -0.15) is 0 Å². The van der Waals surface area contributed by atoms with Gasteiger partial charge in [-0.3, -0.25) is 0 Å². The van der Waals surface area contributed by atoms with Crippen molar-refractivity contribution in [1.82, 2.24) is 10.2 Å². The molecule has 0 rings (SSSR count). The monoisotopic (exact) mass is 172 g/mol. The Morgan fingerprint density at radius 2 is 1.83 bits per heavy atom. The van der Waals surface area contributed by atoms with Crippen molar-refractivity contribution in [3.63, 3.8) is 0 Å². The molecular formula is C10H24N2. The average Bonchev–Trinajstić information content (AvgIpc) is 2.03. The lowest BCUT2D eigenvalue weighted by Gasteiger charge is -2.22. The maximum absolute atomic E-state index is 3.48. The molecule has 1 atom stereocenters. The topological polar surface area (TPSA) is 15.3 Å². The fraction of sp³-hybridized carbons (Fsp3) is 1.00. The third-order valence-electron chi connectivity index (χ3n) is 2.45. The zero-order valence-electron chi connectivity index (χ0n) is 9.22. The Kier molecular flexibility index (Phi) is 6.39. The van der Waals surface area contributed by atoms with E-state index in [4.69, 9.17) is 0 Å². The molecular weight excluding hydrogens is 148 g/mol. The first-order chi connectivity index (χ1) is 5.57. The summed E-state index contributed by atoms with van der Waals surface area (Å²) in [6.07, 6.45) is 1.21. The van der Waals surface area contributed by atoms with E-state index in [1.54, 1.807) is 0 Å². The van der Waals surface area contributed by atoms with Crippen molar-refractivity contribution in [3.8, 4) is 0 Å². The van der Waals surface area contributed by atoms with E-state index in [0.29, 0.717) is 12.1 Å². The number of nitrogens with one attached hydrogen (secondary N) is 1. The molecule has 2 heteroatoms. The van der Waals surface area contributed by atoms with Gasteiger partial charge < -0.3 is 10.2 Å². The molecule has 0 aromatic heterocycles. The van der Waals surface area contributed by atoms with Crippen molar-refractivity contribution in [1.29, 1.82) is 0 Å². The van der Waals surface area contributed by atoms with Crippen LogP contribution < -0.4 is 5.32 Å². The van der Waals surface area contributed by atoms with E-state index in [-0.39, 0.29) is 0 Å². The molecule has 0 spiro atoms. The Hall–Kier alpha value is -0.0800. The molecule has 0 fully saturated rings. The maximum atomic E-state index is 3.48. The SMILES string of the molecule is CCC(C)NCCN(C)C(C)C. The zero-order valence-corrected chi connectivity index (χ0v) is 9.22. The van der Waals surface area contributed by atoms with Gasteiger partial charge in [0.1, 0.15) is 0 Å². The molecule has 0 saturated heterocycles. The molecule has 0 aliphatic rings. The van der Waals surface area contributed by atoms with Crippen molar-refractivity contribution in [2.45, 2.75) is 46.2 Å². The fourth-order valence-electron chi connectivity index (χ4n) is 0.890. The van der Waals surface area contributed by atoms with Crippen LogP contribution in [0, 0.1) is 0 Å². The molecule has 0 aromatic carbocycles. The van der Waals surface area contributed by atoms with Crippen molar-refractivity contribution in [3.05, 3.63) is 0 Å². The fourth-order valence-corrected chi connectivity index (χ4v) is 0.890. The molecule has 0 saturated carbocycles. The number of hydrogen-bond donors (Lipinski definition) is 1. The first-order valence-electron chi connectivity index (χ1n) is 5.01. The van der Waals surface area contributed by atoms with Gasteiger partial charge in [-0.05, 0) is 34.2 Å². The summed E-state index contributed by atoms with van der Waals surface area (Å²) in [5.41, 5.74) is 0. The van der Waals surface area contributed by atoms with Crippen LogP contribution in [0.15, 0.2) is 0 Å². The highest BCUT2D eigenvalue weighted by molar-refractivity contribution is 4.62. The number of likely N-dealkylation sites (N-methyl/N-ethyl adjacent to an activating group) is 1. The normalized spacial score (nSPS) is 14.2. The molecule has 0 heterocycles. The zero-order chi connectivity index (χ0) is 9.56. The summed E-state index contributed by atoms with van der Waals surface area (Å²) in [6.45, 7) is 11.1. The smallest absolute Gasteiger partial charge is 0.0107 e. The third-order valence-corrected chi connectivity index (χ3v) is 2.45. The van der Waals surface area contributed by atoms with Gasteiger partial charge in [0.25, 0.3) is 0 Å². The van der Waals surface area contributed by atoms with Crippen LogP contribution in [-0.4, -0.2) is 37.1 Å². The van der Waals surface area contributed by atoms with E-state index in [0.717, 1.165) is 13.1 Å². The first kappa shape index (κ1) is 11.9. The van der Waals surface area contributed by atoms with Crippen LogP contribution >= 0.6 is 0 Å². The lowest BCUT2D eigenvalue weighted by molar-refractivity contribution is 0.269. The molecule has 2 nitrogen and oxygen atoms in total. The lowest BCUT2D eigenvalue weighted by Crippen LogP contribution is -2.36. The Balaban J connectivity index is 3.30. The summed E-state index contributed by atoms with van der Waals surface area (Å²) in [4.78, 5) is 2.36. The Labute approximate surface area is 77.3 Å². The quantitative estimate of drug-likeness (QED) is 0.656. The predicted octanol–water partition coefficient (Wildman–Crippen LogP) is 1.71. The highest BCUT2D eigenvalue weighted by Crippen LogP contribution is 1.92. The van der Waals surface area contributed by atoms with Gasteiger partial charge in [-0.25, -0.2) is 0 Å². The molecule has 1 N–H and O–H groups in total. The van der Waals surface area contributed by atoms with E-state index in [2.05, 4.69) is 45.0 Å². The second kappa shape index (κ2) is 6.44. The average molecular weight is 172 g/mol. The maximum Gasteiger partial charge on any atom is 0.0107 e. The van der Waals surface area contributed by atoms with E-state index < -0.39 is 0 Å². The second-order valence-corrected chi connectivity index (χ2v) is 3.84. The van der Waals surface area contributed by atoms with Gasteiger partial charge in [0.2, 0.25) is 0 Å².